The summed E-state index contributed by atoms with van der Waals surface area (Å²) in [6, 6.07) is 14.7. The Hall–Kier alpha value is -3.02. The van der Waals surface area contributed by atoms with E-state index in [1.807, 2.05) is 36.4 Å². The Balaban J connectivity index is 1.41. The third-order valence-corrected chi connectivity index (χ3v) is 4.30. The van der Waals surface area contributed by atoms with Crippen LogP contribution < -0.4 is 20.1 Å². The molecule has 0 atom stereocenters. The number of rotatable bonds is 10. The Morgan fingerprint density at radius 2 is 1.75 bits per heavy atom. The van der Waals surface area contributed by atoms with Crippen LogP contribution in [0.4, 0.5) is 5.69 Å². The molecule has 1 fully saturated rings. The zero-order valence-corrected chi connectivity index (χ0v) is 16.1. The van der Waals surface area contributed by atoms with Gasteiger partial charge in [-0.25, -0.2) is 0 Å². The summed E-state index contributed by atoms with van der Waals surface area (Å²) in [6.07, 6.45) is 2.89. The van der Waals surface area contributed by atoms with Gasteiger partial charge in [-0.15, -0.1) is 0 Å². The van der Waals surface area contributed by atoms with E-state index in [2.05, 4.69) is 17.6 Å². The van der Waals surface area contributed by atoms with Gasteiger partial charge in [-0.3, -0.25) is 9.59 Å². The molecule has 0 saturated heterocycles. The summed E-state index contributed by atoms with van der Waals surface area (Å²) in [6.45, 7) is 3.04. The Bertz CT molecular complexity index is 800. The molecule has 1 aliphatic carbocycles. The first-order valence-electron chi connectivity index (χ1n) is 9.66. The van der Waals surface area contributed by atoms with E-state index < -0.39 is 0 Å². The van der Waals surface area contributed by atoms with E-state index >= 15 is 0 Å². The minimum absolute atomic E-state index is 0.0622. The van der Waals surface area contributed by atoms with Crippen molar-refractivity contribution in [3.63, 3.8) is 0 Å². The Morgan fingerprint density at radius 3 is 2.43 bits per heavy atom. The van der Waals surface area contributed by atoms with Gasteiger partial charge in [-0.05, 0) is 61.2 Å². The average molecular weight is 382 g/mol. The van der Waals surface area contributed by atoms with E-state index in [0.29, 0.717) is 18.9 Å². The normalized spacial score (nSPS) is 12.9. The van der Waals surface area contributed by atoms with Crippen LogP contribution in [0.25, 0.3) is 0 Å². The maximum Gasteiger partial charge on any atom is 0.258 e. The van der Waals surface area contributed by atoms with Gasteiger partial charge < -0.3 is 20.1 Å². The lowest BCUT2D eigenvalue weighted by molar-refractivity contribution is -0.123. The minimum Gasteiger partial charge on any atom is -0.494 e. The number of hydrogen-bond donors (Lipinski definition) is 2. The number of anilines is 1. The van der Waals surface area contributed by atoms with Crippen molar-refractivity contribution in [1.29, 1.82) is 0 Å². The number of amides is 2. The number of benzene rings is 2. The molecule has 6 nitrogen and oxygen atoms in total. The Morgan fingerprint density at radius 1 is 1.04 bits per heavy atom. The predicted molar refractivity (Wildman–Crippen MR) is 107 cm³/mol. The van der Waals surface area contributed by atoms with Crippen molar-refractivity contribution < 1.29 is 19.1 Å². The first-order valence-corrected chi connectivity index (χ1v) is 9.66. The largest absolute Gasteiger partial charge is 0.494 e. The number of carbonyl (C=O) groups excluding carboxylic acids is 2. The SMILES string of the molecule is CCCOc1ccc(OCC(=O)NCc2cccc(NC(=O)C3CC3)c2)cc1. The maximum atomic E-state index is 12.0. The first-order chi connectivity index (χ1) is 13.6. The minimum atomic E-state index is -0.210. The quantitative estimate of drug-likeness (QED) is 0.659. The van der Waals surface area contributed by atoms with E-state index in [4.69, 9.17) is 9.47 Å². The average Bonchev–Trinajstić information content (AvgIpc) is 3.56. The molecule has 0 bridgehead atoms. The Labute approximate surface area is 165 Å². The molecule has 28 heavy (non-hydrogen) atoms. The highest BCUT2D eigenvalue weighted by Gasteiger charge is 2.29. The van der Waals surface area contributed by atoms with Crippen LogP contribution in [0.15, 0.2) is 48.5 Å². The molecule has 0 unspecified atom stereocenters. The highest BCUT2D eigenvalue weighted by molar-refractivity contribution is 5.94. The molecular formula is C22H26N2O4. The van der Waals surface area contributed by atoms with Gasteiger partial charge in [0.15, 0.2) is 6.61 Å². The fourth-order valence-corrected chi connectivity index (χ4v) is 2.60. The fourth-order valence-electron chi connectivity index (χ4n) is 2.60. The van der Waals surface area contributed by atoms with Gasteiger partial charge in [0.1, 0.15) is 11.5 Å². The summed E-state index contributed by atoms with van der Waals surface area (Å²) in [7, 11) is 0. The van der Waals surface area contributed by atoms with Gasteiger partial charge in [-0.1, -0.05) is 19.1 Å². The molecule has 3 rings (SSSR count). The third-order valence-electron chi connectivity index (χ3n) is 4.30. The van der Waals surface area contributed by atoms with Gasteiger partial charge >= 0.3 is 0 Å². The summed E-state index contributed by atoms with van der Waals surface area (Å²) < 4.78 is 11.0. The molecule has 0 aromatic heterocycles. The van der Waals surface area contributed by atoms with Crippen LogP contribution in [0, 0.1) is 5.92 Å². The van der Waals surface area contributed by atoms with Crippen LogP contribution in [-0.2, 0) is 16.1 Å². The van der Waals surface area contributed by atoms with E-state index in [1.165, 1.54) is 0 Å². The molecule has 0 radical (unpaired) electrons. The second kappa shape index (κ2) is 9.78. The van der Waals surface area contributed by atoms with Crippen molar-refractivity contribution in [3.8, 4) is 11.5 Å². The molecule has 1 aliphatic rings. The van der Waals surface area contributed by atoms with Crippen molar-refractivity contribution in [2.75, 3.05) is 18.5 Å². The highest BCUT2D eigenvalue weighted by atomic mass is 16.5. The predicted octanol–water partition coefficient (Wildman–Crippen LogP) is 3.52. The number of nitrogens with one attached hydrogen (secondary N) is 2. The van der Waals surface area contributed by atoms with E-state index in [9.17, 15) is 9.59 Å². The van der Waals surface area contributed by atoms with Gasteiger partial charge in [-0.2, -0.15) is 0 Å². The van der Waals surface area contributed by atoms with Crippen molar-refractivity contribution in [3.05, 3.63) is 54.1 Å². The topological polar surface area (TPSA) is 76.7 Å². The molecule has 2 amide bonds. The molecular weight excluding hydrogens is 356 g/mol. The highest BCUT2D eigenvalue weighted by Crippen LogP contribution is 2.30. The molecule has 2 N–H and O–H groups in total. The van der Waals surface area contributed by atoms with Crippen LogP contribution in [0.2, 0.25) is 0 Å². The summed E-state index contributed by atoms with van der Waals surface area (Å²) in [5.74, 6) is 1.42. The lowest BCUT2D eigenvalue weighted by Crippen LogP contribution is -2.28. The van der Waals surface area contributed by atoms with Crippen molar-refractivity contribution in [2.24, 2.45) is 5.92 Å². The standard InChI is InChI=1S/C22H26N2O4/c1-2-12-27-19-8-10-20(11-9-19)28-15-21(25)23-14-16-4-3-5-18(13-16)24-22(26)17-6-7-17/h3-5,8-11,13,17H,2,6-7,12,14-15H2,1H3,(H,23,25)(H,24,26). The van der Waals surface area contributed by atoms with E-state index in [0.717, 1.165) is 36.3 Å². The monoisotopic (exact) mass is 382 g/mol. The number of carbonyl (C=O) groups is 2. The molecule has 2 aromatic carbocycles. The lowest BCUT2D eigenvalue weighted by Gasteiger charge is -2.10. The van der Waals surface area contributed by atoms with Crippen LogP contribution in [0.1, 0.15) is 31.7 Å². The molecule has 2 aromatic rings. The van der Waals surface area contributed by atoms with E-state index in [1.54, 1.807) is 12.1 Å². The van der Waals surface area contributed by atoms with Gasteiger partial charge in [0.2, 0.25) is 5.91 Å². The molecule has 0 aliphatic heterocycles. The van der Waals surface area contributed by atoms with Crippen LogP contribution >= 0.6 is 0 Å². The number of hydrogen-bond acceptors (Lipinski definition) is 4. The second-order valence-corrected chi connectivity index (χ2v) is 6.85. The molecule has 148 valence electrons. The van der Waals surface area contributed by atoms with Gasteiger partial charge in [0.05, 0.1) is 6.61 Å². The molecule has 6 heteroatoms. The molecule has 1 saturated carbocycles. The molecule has 0 heterocycles. The number of ether oxygens (including phenoxy) is 2. The summed E-state index contributed by atoms with van der Waals surface area (Å²) in [5.41, 5.74) is 1.67. The summed E-state index contributed by atoms with van der Waals surface area (Å²) in [4.78, 5) is 23.9. The summed E-state index contributed by atoms with van der Waals surface area (Å²) >= 11 is 0. The fraction of sp³-hybridized carbons (Fsp3) is 0.364. The van der Waals surface area contributed by atoms with Gasteiger partial charge in [0, 0.05) is 18.2 Å². The Kier molecular flexibility index (Phi) is 6.89. The zero-order valence-electron chi connectivity index (χ0n) is 16.1. The van der Waals surface area contributed by atoms with Crippen LogP contribution in [-0.4, -0.2) is 25.0 Å². The third kappa shape index (κ3) is 6.30. The molecule has 0 spiro atoms. The zero-order chi connectivity index (χ0) is 19.8. The second-order valence-electron chi connectivity index (χ2n) is 6.85. The van der Waals surface area contributed by atoms with E-state index in [-0.39, 0.29) is 24.3 Å². The van der Waals surface area contributed by atoms with Crippen molar-refractivity contribution >= 4 is 17.5 Å². The van der Waals surface area contributed by atoms with Crippen LogP contribution in [0.5, 0.6) is 11.5 Å². The van der Waals surface area contributed by atoms with Gasteiger partial charge in [0.25, 0.3) is 5.91 Å². The van der Waals surface area contributed by atoms with Crippen LogP contribution in [0.3, 0.4) is 0 Å². The van der Waals surface area contributed by atoms with Crippen molar-refractivity contribution in [1.82, 2.24) is 5.32 Å². The maximum absolute atomic E-state index is 12.0. The first kappa shape index (κ1) is 19.7. The summed E-state index contributed by atoms with van der Waals surface area (Å²) in [5, 5.41) is 5.73. The van der Waals surface area contributed by atoms with Crippen molar-refractivity contribution in [2.45, 2.75) is 32.7 Å². The lowest BCUT2D eigenvalue weighted by atomic mass is 10.2. The smallest absolute Gasteiger partial charge is 0.258 e.